The number of halogens is 6. The molecule has 0 amide bonds. The largest absolute Gasteiger partial charge is 0.492 e. The number of hydrogen-bond donors (Lipinski definition) is 1. The van der Waals surface area contributed by atoms with Crippen molar-refractivity contribution in [1.29, 1.82) is 0 Å². The van der Waals surface area contributed by atoms with Gasteiger partial charge in [0.05, 0.1) is 26.4 Å². The summed E-state index contributed by atoms with van der Waals surface area (Å²) < 4.78 is 48.0. The summed E-state index contributed by atoms with van der Waals surface area (Å²) in [5.74, 6) is 0. The number of hydrogen-bond acceptors (Lipinski definition) is 4. The van der Waals surface area contributed by atoms with Crippen molar-refractivity contribution < 1.29 is 27.7 Å². The van der Waals surface area contributed by atoms with Crippen LogP contribution in [-0.2, 0) is 20.7 Å². The molecule has 0 saturated carbocycles. The van der Waals surface area contributed by atoms with Gasteiger partial charge in [0.25, 0.3) is 5.60 Å². The van der Waals surface area contributed by atoms with Gasteiger partial charge in [0.15, 0.2) is 0 Å². The van der Waals surface area contributed by atoms with E-state index in [1.54, 1.807) is 32.0 Å². The van der Waals surface area contributed by atoms with E-state index in [9.17, 15) is 18.2 Å². The van der Waals surface area contributed by atoms with Crippen LogP contribution < -0.4 is 5.46 Å². The van der Waals surface area contributed by atoms with Crippen LogP contribution in [0.1, 0.15) is 37.0 Å². The van der Waals surface area contributed by atoms with Gasteiger partial charge in [-0.05, 0) is 48.6 Å². The highest BCUT2D eigenvalue weighted by Crippen LogP contribution is 2.50. The zero-order valence-electron chi connectivity index (χ0n) is 15.6. The maximum atomic E-state index is 14.2. The molecule has 0 spiro atoms. The lowest BCUT2D eigenvalue weighted by Gasteiger charge is -2.30. The van der Waals surface area contributed by atoms with Crippen molar-refractivity contribution in [1.82, 2.24) is 0 Å². The Kier molecular flexibility index (Phi) is 5.11. The van der Waals surface area contributed by atoms with E-state index in [0.29, 0.717) is 16.6 Å². The quantitative estimate of drug-likeness (QED) is 0.478. The van der Waals surface area contributed by atoms with Crippen LogP contribution >= 0.6 is 34.8 Å². The molecule has 4 nitrogen and oxygen atoms in total. The van der Waals surface area contributed by atoms with E-state index in [2.05, 4.69) is 5.16 Å². The smallest absolute Gasteiger partial charge is 0.423 e. The Hall–Kier alpha value is -1.45. The monoisotopic (exact) mass is 477 g/mol. The third kappa shape index (κ3) is 3.29. The highest BCUT2D eigenvalue weighted by atomic mass is 35.5. The van der Waals surface area contributed by atoms with Gasteiger partial charge in [-0.3, -0.25) is 0 Å². The van der Waals surface area contributed by atoms with Crippen molar-refractivity contribution in [3.63, 3.8) is 0 Å². The molecule has 0 aliphatic carbocycles. The van der Waals surface area contributed by atoms with Gasteiger partial charge in [-0.1, -0.05) is 52.1 Å². The van der Waals surface area contributed by atoms with Crippen LogP contribution in [0.3, 0.4) is 0 Å². The number of oxime groups is 1. The van der Waals surface area contributed by atoms with Crippen molar-refractivity contribution in [3.05, 3.63) is 62.1 Å². The van der Waals surface area contributed by atoms with Gasteiger partial charge in [0.1, 0.15) is 0 Å². The minimum Gasteiger partial charge on any atom is -0.423 e. The second kappa shape index (κ2) is 7.03. The van der Waals surface area contributed by atoms with Gasteiger partial charge < -0.3 is 14.5 Å². The van der Waals surface area contributed by atoms with Crippen LogP contribution in [0.4, 0.5) is 13.2 Å². The van der Waals surface area contributed by atoms with E-state index in [4.69, 9.17) is 44.3 Å². The summed E-state index contributed by atoms with van der Waals surface area (Å²) in [7, 11) is -1.10. The highest BCUT2D eigenvalue weighted by molar-refractivity contribution is 6.62. The average Bonchev–Trinajstić information content (AvgIpc) is 3.20. The molecule has 0 saturated heterocycles. The molecule has 1 unspecified atom stereocenters. The van der Waals surface area contributed by atoms with Crippen LogP contribution in [0.5, 0.6) is 0 Å². The summed E-state index contributed by atoms with van der Waals surface area (Å²) in [4.78, 5) is 5.02. The van der Waals surface area contributed by atoms with E-state index in [0.717, 1.165) is 12.1 Å². The second-order valence-corrected chi connectivity index (χ2v) is 8.86. The summed E-state index contributed by atoms with van der Waals surface area (Å²) in [6, 6.07) is 7.00. The summed E-state index contributed by atoms with van der Waals surface area (Å²) in [6.07, 6.45) is -5.40. The lowest BCUT2D eigenvalue weighted by Crippen LogP contribution is -2.42. The van der Waals surface area contributed by atoms with Crippen molar-refractivity contribution >= 4 is 53.1 Å². The van der Waals surface area contributed by atoms with E-state index >= 15 is 0 Å². The molecule has 2 aliphatic rings. The first-order chi connectivity index (χ1) is 13.9. The van der Waals surface area contributed by atoms with E-state index in [1.807, 2.05) is 0 Å². The van der Waals surface area contributed by atoms with Crippen molar-refractivity contribution in [2.75, 3.05) is 0 Å². The zero-order valence-corrected chi connectivity index (χ0v) is 17.9. The van der Waals surface area contributed by atoms with Crippen molar-refractivity contribution in [3.8, 4) is 0 Å². The maximum Gasteiger partial charge on any atom is 0.492 e. The Labute approximate surface area is 185 Å². The van der Waals surface area contributed by atoms with Crippen LogP contribution in [0.2, 0.25) is 15.1 Å². The normalized spacial score (nSPS) is 22.7. The zero-order chi connectivity index (χ0) is 22.1. The van der Waals surface area contributed by atoms with E-state index in [-0.39, 0.29) is 26.3 Å². The molecule has 0 fully saturated rings. The molecule has 2 heterocycles. The summed E-state index contributed by atoms with van der Waals surface area (Å²) >= 11 is 17.8. The summed E-state index contributed by atoms with van der Waals surface area (Å²) in [6.45, 7) is 3.52. The Morgan fingerprint density at radius 1 is 1.10 bits per heavy atom. The lowest BCUT2D eigenvalue weighted by molar-refractivity contribution is -0.275. The van der Waals surface area contributed by atoms with Crippen molar-refractivity contribution in [2.45, 2.75) is 37.6 Å². The van der Waals surface area contributed by atoms with Crippen molar-refractivity contribution in [2.24, 2.45) is 5.16 Å². The molecule has 2 aromatic carbocycles. The number of fused-ring (bicyclic) bond motifs is 1. The standard InChI is InChI=1S/C19H14BCl3F3NO3/c1-17(2)11-5-9(3-4-12(11)20(28)29-17)15-8-18(30-27-15,19(24,25)26)10-6-13(21)16(23)14(22)7-10/h3-7,28H,8H2,1-2H3. The number of rotatable bonds is 2. The fourth-order valence-corrected chi connectivity index (χ4v) is 4.32. The van der Waals surface area contributed by atoms with Crippen LogP contribution in [0.25, 0.3) is 0 Å². The Morgan fingerprint density at radius 3 is 2.33 bits per heavy atom. The van der Waals surface area contributed by atoms with E-state index in [1.165, 1.54) is 0 Å². The molecule has 1 atom stereocenters. The number of alkyl halides is 3. The maximum absolute atomic E-state index is 14.2. The first kappa shape index (κ1) is 21.8. The predicted octanol–water partition coefficient (Wildman–Crippen LogP) is 5.18. The SMILES string of the molecule is CC1(C)OB(O)c2ccc(C3=NOC(c4cc(Cl)c(Cl)c(Cl)c4)(C(F)(F)F)C3)cc21. The van der Waals surface area contributed by atoms with Crippen LogP contribution in [0.15, 0.2) is 35.5 Å². The molecule has 4 rings (SSSR count). The average molecular weight is 478 g/mol. The Bertz CT molecular complexity index is 1050. The van der Waals surface area contributed by atoms with Gasteiger partial charge in [-0.2, -0.15) is 13.2 Å². The first-order valence-corrected chi connectivity index (χ1v) is 9.96. The molecule has 158 valence electrons. The molecule has 11 heteroatoms. The Morgan fingerprint density at radius 2 is 1.73 bits per heavy atom. The Balaban J connectivity index is 1.76. The van der Waals surface area contributed by atoms with Gasteiger partial charge in [-0.15, -0.1) is 0 Å². The molecule has 2 aliphatic heterocycles. The molecule has 1 N–H and O–H groups in total. The molecule has 30 heavy (non-hydrogen) atoms. The molecule has 2 aromatic rings. The summed E-state index contributed by atoms with van der Waals surface area (Å²) in [5, 5.41) is 13.5. The fourth-order valence-electron chi connectivity index (χ4n) is 3.73. The predicted molar refractivity (Wildman–Crippen MR) is 110 cm³/mol. The first-order valence-electron chi connectivity index (χ1n) is 8.83. The molecule has 0 radical (unpaired) electrons. The fraction of sp³-hybridized carbons (Fsp3) is 0.316. The van der Waals surface area contributed by atoms with Gasteiger partial charge in [0, 0.05) is 12.0 Å². The van der Waals surface area contributed by atoms with E-state index < -0.39 is 30.9 Å². The van der Waals surface area contributed by atoms with Crippen LogP contribution in [-0.4, -0.2) is 24.0 Å². The minimum absolute atomic E-state index is 0.0436. The van der Waals surface area contributed by atoms with Gasteiger partial charge in [-0.25, -0.2) is 0 Å². The minimum atomic E-state index is -4.81. The third-order valence-electron chi connectivity index (χ3n) is 5.34. The summed E-state index contributed by atoms with van der Waals surface area (Å²) in [5.41, 5.74) is -2.12. The van der Waals surface area contributed by atoms with Gasteiger partial charge >= 0.3 is 13.3 Å². The number of benzene rings is 2. The number of nitrogens with zero attached hydrogens (tertiary/aromatic N) is 1. The third-order valence-corrected chi connectivity index (χ3v) is 6.54. The molecule has 0 bridgehead atoms. The molecular formula is C19H14BCl3F3NO3. The molecular weight excluding hydrogens is 464 g/mol. The topological polar surface area (TPSA) is 51.0 Å². The molecule has 0 aromatic heterocycles. The van der Waals surface area contributed by atoms with Gasteiger partial charge in [0.2, 0.25) is 0 Å². The van der Waals surface area contributed by atoms with Crippen LogP contribution in [0, 0.1) is 0 Å². The second-order valence-electron chi connectivity index (χ2n) is 7.67. The highest BCUT2D eigenvalue weighted by Gasteiger charge is 2.62. The lowest BCUT2D eigenvalue weighted by atomic mass is 9.77.